The summed E-state index contributed by atoms with van der Waals surface area (Å²) in [6, 6.07) is 15.1. The third kappa shape index (κ3) is 5.08. The normalized spacial score (nSPS) is 16.7. The number of anilines is 1. The number of aryl methyl sites for hydroxylation is 1. The van der Waals surface area contributed by atoms with Crippen LogP contribution in [0.3, 0.4) is 0 Å². The number of carbonyl (C=O) groups is 1. The summed E-state index contributed by atoms with van der Waals surface area (Å²) >= 11 is 0. The number of halogens is 3. The van der Waals surface area contributed by atoms with E-state index in [4.69, 9.17) is 9.97 Å². The van der Waals surface area contributed by atoms with Gasteiger partial charge in [0.1, 0.15) is 5.82 Å². The van der Waals surface area contributed by atoms with Crippen LogP contribution in [0.2, 0.25) is 0 Å². The van der Waals surface area contributed by atoms with Crippen LogP contribution in [0.1, 0.15) is 41.6 Å². The van der Waals surface area contributed by atoms with Crippen molar-refractivity contribution in [3.05, 3.63) is 77.0 Å². The van der Waals surface area contributed by atoms with E-state index >= 15 is 0 Å². The maximum atomic E-state index is 13.3. The topological polar surface area (TPSA) is 49.3 Å². The molecule has 188 valence electrons. The van der Waals surface area contributed by atoms with Crippen molar-refractivity contribution in [1.82, 2.24) is 14.9 Å². The van der Waals surface area contributed by atoms with Gasteiger partial charge in [-0.3, -0.25) is 4.79 Å². The van der Waals surface area contributed by atoms with Gasteiger partial charge < -0.3 is 9.80 Å². The Balaban J connectivity index is 1.46. The Bertz CT molecular complexity index is 1230. The molecule has 0 N–H and O–H groups in total. The van der Waals surface area contributed by atoms with Crippen LogP contribution >= 0.6 is 0 Å². The molecule has 8 heteroatoms. The van der Waals surface area contributed by atoms with Crippen LogP contribution in [0.4, 0.5) is 19.0 Å². The molecule has 2 aromatic carbocycles. The van der Waals surface area contributed by atoms with Gasteiger partial charge in [0.25, 0.3) is 0 Å². The van der Waals surface area contributed by atoms with Crippen LogP contribution in [0.25, 0.3) is 11.4 Å². The van der Waals surface area contributed by atoms with E-state index in [1.807, 2.05) is 42.2 Å². The highest BCUT2D eigenvalue weighted by atomic mass is 19.4. The summed E-state index contributed by atoms with van der Waals surface area (Å²) in [6.07, 6.45) is -1.03. The van der Waals surface area contributed by atoms with Crippen molar-refractivity contribution in [2.24, 2.45) is 5.92 Å². The summed E-state index contributed by atoms with van der Waals surface area (Å²) in [6.45, 7) is 4.36. The molecule has 0 radical (unpaired) electrons. The minimum Gasteiger partial charge on any atom is -0.353 e. The number of alkyl halides is 3. The molecule has 0 atom stereocenters. The Hall–Kier alpha value is -3.42. The molecule has 1 saturated carbocycles. The molecule has 1 aliphatic carbocycles. The van der Waals surface area contributed by atoms with Gasteiger partial charge in [0.05, 0.1) is 5.56 Å². The standard InChI is InChI=1S/C28H29F3N4O/c1-19-24(18-20-7-5-12-23(17-20)28(29,30)31)26(33-25(32-19)21-8-3-2-4-9-21)34-13-15-35(16-14-34)27(36)22-10-6-11-22/h2-5,7-9,12,17,22H,6,10-11,13-16,18H2,1H3. The largest absolute Gasteiger partial charge is 0.416 e. The van der Waals surface area contributed by atoms with Crippen LogP contribution in [-0.4, -0.2) is 47.0 Å². The number of rotatable bonds is 5. The Morgan fingerprint density at radius 1 is 0.972 bits per heavy atom. The van der Waals surface area contributed by atoms with E-state index in [9.17, 15) is 18.0 Å². The molecule has 3 aromatic rings. The summed E-state index contributed by atoms with van der Waals surface area (Å²) in [5, 5.41) is 0. The predicted molar refractivity (Wildman–Crippen MR) is 133 cm³/mol. The average molecular weight is 495 g/mol. The number of aromatic nitrogens is 2. The van der Waals surface area contributed by atoms with Crippen LogP contribution in [0, 0.1) is 12.8 Å². The molecule has 0 spiro atoms. The molecule has 2 aliphatic rings. The van der Waals surface area contributed by atoms with E-state index in [-0.39, 0.29) is 11.8 Å². The lowest BCUT2D eigenvalue weighted by Crippen LogP contribution is -2.51. The van der Waals surface area contributed by atoms with Crippen molar-refractivity contribution < 1.29 is 18.0 Å². The fourth-order valence-corrected chi connectivity index (χ4v) is 4.88. The molecule has 5 rings (SSSR count). The minimum atomic E-state index is -4.40. The minimum absolute atomic E-state index is 0.166. The highest BCUT2D eigenvalue weighted by Gasteiger charge is 2.33. The summed E-state index contributed by atoms with van der Waals surface area (Å²) in [7, 11) is 0. The molecule has 5 nitrogen and oxygen atoms in total. The summed E-state index contributed by atoms with van der Waals surface area (Å²) in [5.41, 5.74) is 2.33. The number of hydrogen-bond acceptors (Lipinski definition) is 4. The lowest BCUT2D eigenvalue weighted by molar-refractivity contribution is -0.138. The van der Waals surface area contributed by atoms with Crippen molar-refractivity contribution in [3.8, 4) is 11.4 Å². The third-order valence-corrected chi connectivity index (χ3v) is 7.20. The van der Waals surface area contributed by atoms with E-state index in [1.165, 1.54) is 12.1 Å². The zero-order valence-corrected chi connectivity index (χ0v) is 20.3. The van der Waals surface area contributed by atoms with Gasteiger partial charge >= 0.3 is 6.18 Å². The van der Waals surface area contributed by atoms with Gasteiger partial charge in [-0.15, -0.1) is 0 Å². The molecule has 1 saturated heterocycles. The van der Waals surface area contributed by atoms with Crippen LogP contribution < -0.4 is 4.90 Å². The quantitative estimate of drug-likeness (QED) is 0.469. The molecule has 36 heavy (non-hydrogen) atoms. The van der Waals surface area contributed by atoms with Crippen molar-refractivity contribution >= 4 is 11.7 Å². The highest BCUT2D eigenvalue weighted by Crippen LogP contribution is 2.33. The fraction of sp³-hybridized carbons (Fsp3) is 0.393. The summed E-state index contributed by atoms with van der Waals surface area (Å²) < 4.78 is 40.0. The zero-order valence-electron chi connectivity index (χ0n) is 20.3. The van der Waals surface area contributed by atoms with E-state index in [1.54, 1.807) is 6.07 Å². The molecular weight excluding hydrogens is 465 g/mol. The van der Waals surface area contributed by atoms with Gasteiger partial charge in [-0.05, 0) is 31.4 Å². The van der Waals surface area contributed by atoms with Crippen LogP contribution in [0.15, 0.2) is 54.6 Å². The lowest BCUT2D eigenvalue weighted by Gasteiger charge is -2.39. The summed E-state index contributed by atoms with van der Waals surface area (Å²) in [4.78, 5) is 26.5. The first-order valence-electron chi connectivity index (χ1n) is 12.4. The number of amides is 1. The van der Waals surface area contributed by atoms with E-state index in [0.717, 1.165) is 48.0 Å². The Kier molecular flexibility index (Phi) is 6.69. The second-order valence-electron chi connectivity index (χ2n) is 9.62. The first-order valence-corrected chi connectivity index (χ1v) is 12.4. The highest BCUT2D eigenvalue weighted by molar-refractivity contribution is 5.80. The van der Waals surface area contributed by atoms with Crippen molar-refractivity contribution in [3.63, 3.8) is 0 Å². The van der Waals surface area contributed by atoms with Crippen molar-refractivity contribution in [2.45, 2.75) is 38.8 Å². The van der Waals surface area contributed by atoms with E-state index < -0.39 is 11.7 Å². The number of carbonyl (C=O) groups excluding carboxylic acids is 1. The van der Waals surface area contributed by atoms with E-state index in [2.05, 4.69) is 4.90 Å². The number of piperazine rings is 1. The molecular formula is C28H29F3N4O. The third-order valence-electron chi connectivity index (χ3n) is 7.20. The Morgan fingerprint density at radius 2 is 1.69 bits per heavy atom. The van der Waals surface area contributed by atoms with Gasteiger partial charge in [-0.25, -0.2) is 9.97 Å². The SMILES string of the molecule is Cc1nc(-c2ccccc2)nc(N2CCN(C(=O)C3CCC3)CC2)c1Cc1cccc(C(F)(F)F)c1. The Labute approximate surface area is 209 Å². The summed E-state index contributed by atoms with van der Waals surface area (Å²) in [5.74, 6) is 1.73. The van der Waals surface area contributed by atoms with Crippen molar-refractivity contribution in [2.75, 3.05) is 31.1 Å². The first-order chi connectivity index (χ1) is 17.3. The monoisotopic (exact) mass is 494 g/mol. The van der Waals surface area contributed by atoms with Crippen LogP contribution in [0.5, 0.6) is 0 Å². The lowest BCUT2D eigenvalue weighted by atomic mass is 9.84. The van der Waals surface area contributed by atoms with Crippen molar-refractivity contribution in [1.29, 1.82) is 0 Å². The number of nitrogens with zero attached hydrogens (tertiary/aromatic N) is 4. The molecule has 0 unspecified atom stereocenters. The average Bonchev–Trinajstić information content (AvgIpc) is 2.84. The second kappa shape index (κ2) is 9.91. The molecule has 1 amide bonds. The molecule has 2 heterocycles. The molecule has 1 aliphatic heterocycles. The maximum absolute atomic E-state index is 13.3. The van der Waals surface area contributed by atoms with Crippen LogP contribution in [-0.2, 0) is 17.4 Å². The van der Waals surface area contributed by atoms with Gasteiger partial charge in [0.15, 0.2) is 5.82 Å². The van der Waals surface area contributed by atoms with Gasteiger partial charge in [0.2, 0.25) is 5.91 Å². The smallest absolute Gasteiger partial charge is 0.353 e. The number of hydrogen-bond donors (Lipinski definition) is 0. The first kappa shape index (κ1) is 24.3. The van der Waals surface area contributed by atoms with E-state index in [0.29, 0.717) is 44.0 Å². The fourth-order valence-electron chi connectivity index (χ4n) is 4.88. The van der Waals surface area contributed by atoms with Gasteiger partial charge in [-0.1, -0.05) is 55.0 Å². The zero-order chi connectivity index (χ0) is 25.3. The Morgan fingerprint density at radius 3 is 2.33 bits per heavy atom. The van der Waals surface area contributed by atoms with Gasteiger partial charge in [-0.2, -0.15) is 13.2 Å². The maximum Gasteiger partial charge on any atom is 0.416 e. The molecule has 1 aromatic heterocycles. The molecule has 2 fully saturated rings. The number of benzene rings is 2. The molecule has 0 bridgehead atoms. The predicted octanol–water partition coefficient (Wildman–Crippen LogP) is 5.51. The second-order valence-corrected chi connectivity index (χ2v) is 9.62. The van der Waals surface area contributed by atoms with Gasteiger partial charge in [0, 0.05) is 55.3 Å².